The molecule has 0 unspecified atom stereocenters. The Morgan fingerprint density at radius 1 is 1.19 bits per heavy atom. The number of hydrogen-bond acceptors (Lipinski definition) is 4. The van der Waals surface area contributed by atoms with Gasteiger partial charge in [0, 0.05) is 30.4 Å². The van der Waals surface area contributed by atoms with Gasteiger partial charge in [-0.3, -0.25) is 4.79 Å². The maximum absolute atomic E-state index is 13.0. The van der Waals surface area contributed by atoms with Crippen molar-refractivity contribution in [3.63, 3.8) is 0 Å². The molecule has 0 aliphatic carbocycles. The van der Waals surface area contributed by atoms with Crippen LogP contribution in [0.1, 0.15) is 66.7 Å². The smallest absolute Gasteiger partial charge is 0.354 e. The van der Waals surface area contributed by atoms with Crippen molar-refractivity contribution in [3.05, 3.63) is 22.5 Å². The molecule has 1 N–H and O–H groups in total. The third-order valence-electron chi connectivity index (χ3n) is 4.28. The predicted octanol–water partition coefficient (Wildman–Crippen LogP) is 3.08. The van der Waals surface area contributed by atoms with Crippen LogP contribution in [-0.4, -0.2) is 53.0 Å². The molecule has 1 rings (SSSR count). The molecule has 0 saturated carbocycles. The highest BCUT2D eigenvalue weighted by Crippen LogP contribution is 2.23. The molecule has 0 radical (unpaired) electrons. The molecule has 0 bridgehead atoms. The number of methoxy groups -OCH3 is 1. The molecule has 7 heteroatoms. The first-order valence-electron chi connectivity index (χ1n) is 9.14. The van der Waals surface area contributed by atoms with Gasteiger partial charge in [0.05, 0.1) is 13.7 Å². The molecule has 0 aliphatic heterocycles. The SMILES string of the molecule is COC(=O)c1c(C)c(C(=O)CN(CC(C)C)C(=O)NC(C)(C)C)c(C)n1C. The zero-order valence-corrected chi connectivity index (χ0v) is 18.0. The Morgan fingerprint density at radius 2 is 1.74 bits per heavy atom. The van der Waals surface area contributed by atoms with E-state index in [1.165, 1.54) is 12.0 Å². The van der Waals surface area contributed by atoms with Crippen molar-refractivity contribution in [1.29, 1.82) is 0 Å². The van der Waals surface area contributed by atoms with E-state index in [1.807, 2.05) is 34.6 Å². The summed E-state index contributed by atoms with van der Waals surface area (Å²) in [5.74, 6) is -0.464. The van der Waals surface area contributed by atoms with Crippen LogP contribution in [0.3, 0.4) is 0 Å². The summed E-state index contributed by atoms with van der Waals surface area (Å²) in [4.78, 5) is 39.3. The normalized spacial score (nSPS) is 11.5. The average molecular weight is 380 g/mol. The van der Waals surface area contributed by atoms with E-state index in [9.17, 15) is 14.4 Å². The Bertz CT molecular complexity index is 727. The van der Waals surface area contributed by atoms with Crippen LogP contribution in [0.2, 0.25) is 0 Å². The van der Waals surface area contributed by atoms with Crippen LogP contribution in [0, 0.1) is 19.8 Å². The number of ether oxygens (including phenoxy) is 1. The Labute approximate surface area is 162 Å². The van der Waals surface area contributed by atoms with Gasteiger partial charge in [-0.15, -0.1) is 0 Å². The fraction of sp³-hybridized carbons (Fsp3) is 0.650. The van der Waals surface area contributed by atoms with Gasteiger partial charge < -0.3 is 19.5 Å². The number of urea groups is 1. The third kappa shape index (κ3) is 5.58. The van der Waals surface area contributed by atoms with Gasteiger partial charge in [-0.2, -0.15) is 0 Å². The summed E-state index contributed by atoms with van der Waals surface area (Å²) in [7, 11) is 3.04. The average Bonchev–Trinajstić information content (AvgIpc) is 2.73. The molecule has 152 valence electrons. The predicted molar refractivity (Wildman–Crippen MR) is 105 cm³/mol. The number of nitrogens with zero attached hydrogens (tertiary/aromatic N) is 2. The Balaban J connectivity index is 3.19. The number of nitrogens with one attached hydrogen (secondary N) is 1. The van der Waals surface area contributed by atoms with Crippen molar-refractivity contribution in [2.24, 2.45) is 13.0 Å². The van der Waals surface area contributed by atoms with Crippen LogP contribution < -0.4 is 5.32 Å². The lowest BCUT2D eigenvalue weighted by Gasteiger charge is -2.29. The fourth-order valence-corrected chi connectivity index (χ4v) is 3.09. The second kappa shape index (κ2) is 8.59. The standard InChI is InChI=1S/C20H33N3O4/c1-12(2)10-23(19(26)21-20(5,6)7)11-15(24)16-13(3)17(18(25)27-9)22(8)14(16)4/h12H,10-11H2,1-9H3,(H,21,26). The van der Waals surface area contributed by atoms with Crippen molar-refractivity contribution in [2.75, 3.05) is 20.2 Å². The Kier molecular flexibility index (Phi) is 7.23. The first-order valence-corrected chi connectivity index (χ1v) is 9.14. The molecule has 2 amide bonds. The number of amides is 2. The van der Waals surface area contributed by atoms with Crippen LogP contribution >= 0.6 is 0 Å². The van der Waals surface area contributed by atoms with Gasteiger partial charge >= 0.3 is 12.0 Å². The van der Waals surface area contributed by atoms with E-state index in [1.54, 1.807) is 25.5 Å². The Hall–Kier alpha value is -2.31. The van der Waals surface area contributed by atoms with Gasteiger partial charge in [-0.25, -0.2) is 9.59 Å². The van der Waals surface area contributed by atoms with E-state index in [-0.39, 0.29) is 24.3 Å². The zero-order valence-electron chi connectivity index (χ0n) is 18.0. The molecule has 0 aliphatic rings. The molecule has 0 aromatic carbocycles. The third-order valence-corrected chi connectivity index (χ3v) is 4.28. The van der Waals surface area contributed by atoms with Crippen LogP contribution in [0.15, 0.2) is 0 Å². The summed E-state index contributed by atoms with van der Waals surface area (Å²) in [6.07, 6.45) is 0. The number of carbonyl (C=O) groups is 3. The van der Waals surface area contributed by atoms with E-state index >= 15 is 0 Å². The second-order valence-electron chi connectivity index (χ2n) is 8.36. The van der Waals surface area contributed by atoms with Gasteiger partial charge in [0.2, 0.25) is 0 Å². The van der Waals surface area contributed by atoms with Gasteiger partial charge in [0.1, 0.15) is 5.69 Å². The van der Waals surface area contributed by atoms with Gasteiger partial charge in [-0.1, -0.05) is 13.8 Å². The highest BCUT2D eigenvalue weighted by Gasteiger charge is 2.28. The number of esters is 1. The van der Waals surface area contributed by atoms with E-state index in [4.69, 9.17) is 4.74 Å². The van der Waals surface area contributed by atoms with Crippen LogP contribution in [0.4, 0.5) is 4.79 Å². The number of rotatable bonds is 6. The molecular weight excluding hydrogens is 346 g/mol. The first-order chi connectivity index (χ1) is 12.3. The van der Waals surface area contributed by atoms with E-state index in [0.29, 0.717) is 29.1 Å². The minimum atomic E-state index is -0.485. The van der Waals surface area contributed by atoms with Crippen LogP contribution in [-0.2, 0) is 11.8 Å². The van der Waals surface area contributed by atoms with Crippen molar-refractivity contribution in [1.82, 2.24) is 14.8 Å². The summed E-state index contributed by atoms with van der Waals surface area (Å²) in [5.41, 5.74) is 1.68. The molecular formula is C20H33N3O4. The molecule has 7 nitrogen and oxygen atoms in total. The first kappa shape index (κ1) is 22.7. The highest BCUT2D eigenvalue weighted by atomic mass is 16.5. The molecule has 0 spiro atoms. The van der Waals surface area contributed by atoms with Gasteiger partial charge in [-0.05, 0) is 46.1 Å². The number of Topliss-reactive ketones (excluding diaryl/α,β-unsaturated/α-hetero) is 1. The van der Waals surface area contributed by atoms with Crippen molar-refractivity contribution >= 4 is 17.8 Å². The maximum Gasteiger partial charge on any atom is 0.354 e. The maximum atomic E-state index is 13.0. The molecule has 27 heavy (non-hydrogen) atoms. The zero-order chi connectivity index (χ0) is 21.1. The lowest BCUT2D eigenvalue weighted by Crippen LogP contribution is -2.50. The van der Waals surface area contributed by atoms with Gasteiger partial charge in [0.15, 0.2) is 5.78 Å². The number of hydrogen-bond donors (Lipinski definition) is 1. The van der Waals surface area contributed by atoms with Crippen LogP contribution in [0.5, 0.6) is 0 Å². The van der Waals surface area contributed by atoms with Gasteiger partial charge in [0.25, 0.3) is 0 Å². The molecule has 1 heterocycles. The van der Waals surface area contributed by atoms with E-state index < -0.39 is 11.5 Å². The molecule has 1 aromatic rings. The second-order valence-corrected chi connectivity index (χ2v) is 8.36. The monoisotopic (exact) mass is 379 g/mol. The minimum Gasteiger partial charge on any atom is -0.464 e. The number of ketones is 1. The lowest BCUT2D eigenvalue weighted by atomic mass is 10.0. The number of aromatic nitrogens is 1. The minimum absolute atomic E-state index is 0.0492. The summed E-state index contributed by atoms with van der Waals surface area (Å²) >= 11 is 0. The highest BCUT2D eigenvalue weighted by molar-refractivity contribution is 6.04. The largest absolute Gasteiger partial charge is 0.464 e. The topological polar surface area (TPSA) is 80.6 Å². The molecule has 1 aromatic heterocycles. The summed E-state index contributed by atoms with van der Waals surface area (Å²) in [6.45, 7) is 13.6. The quantitative estimate of drug-likeness (QED) is 0.608. The summed E-state index contributed by atoms with van der Waals surface area (Å²) in [6, 6.07) is -0.274. The van der Waals surface area contributed by atoms with E-state index in [0.717, 1.165) is 0 Å². The molecule has 0 atom stereocenters. The van der Waals surface area contributed by atoms with Crippen molar-refractivity contribution in [2.45, 2.75) is 54.0 Å². The van der Waals surface area contributed by atoms with E-state index in [2.05, 4.69) is 5.32 Å². The van der Waals surface area contributed by atoms with Crippen molar-refractivity contribution < 1.29 is 19.1 Å². The summed E-state index contributed by atoms with van der Waals surface area (Å²) in [5, 5.41) is 2.91. The fourth-order valence-electron chi connectivity index (χ4n) is 3.09. The van der Waals surface area contributed by atoms with Crippen LogP contribution in [0.25, 0.3) is 0 Å². The molecule has 0 saturated heterocycles. The molecule has 0 fully saturated rings. The lowest BCUT2D eigenvalue weighted by molar-refractivity contribution is 0.0588. The number of carbonyl (C=O) groups excluding carboxylic acids is 3. The Morgan fingerprint density at radius 3 is 2.19 bits per heavy atom. The van der Waals surface area contributed by atoms with Crippen molar-refractivity contribution in [3.8, 4) is 0 Å². The summed E-state index contributed by atoms with van der Waals surface area (Å²) < 4.78 is 6.49.